The van der Waals surface area contributed by atoms with Crippen molar-refractivity contribution in [1.82, 2.24) is 9.80 Å². The minimum atomic E-state index is -4.94. The van der Waals surface area contributed by atoms with Crippen LogP contribution in [-0.2, 0) is 16.5 Å². The van der Waals surface area contributed by atoms with E-state index < -0.39 is 20.5 Å². The zero-order chi connectivity index (χ0) is 22.8. The summed E-state index contributed by atoms with van der Waals surface area (Å²) in [7, 11) is -7.63. The molecule has 0 radical (unpaired) electrons. The van der Waals surface area contributed by atoms with Gasteiger partial charge in [-0.2, -0.15) is 23.5 Å². The normalized spacial score (nSPS) is 18.6. The maximum absolute atomic E-state index is 8.49. The van der Waals surface area contributed by atoms with Crippen molar-refractivity contribution in [3.8, 4) is 0 Å². The van der Waals surface area contributed by atoms with Crippen LogP contribution >= 0.6 is 23.5 Å². The first-order valence-corrected chi connectivity index (χ1v) is 13.6. The van der Waals surface area contributed by atoms with Gasteiger partial charge in [0.05, 0.1) is 0 Å². The van der Waals surface area contributed by atoms with Crippen LogP contribution in [0.2, 0.25) is 0 Å². The van der Waals surface area contributed by atoms with E-state index in [2.05, 4.69) is 40.4 Å². The van der Waals surface area contributed by atoms with Crippen LogP contribution in [0.25, 0.3) is 0 Å². The molecule has 0 aromatic heterocycles. The van der Waals surface area contributed by atoms with Crippen LogP contribution in [0.15, 0.2) is 0 Å². The Bertz CT molecular complexity index is 351. The van der Waals surface area contributed by atoms with Crippen molar-refractivity contribution in [2.75, 3.05) is 69.3 Å². The van der Waals surface area contributed by atoms with Gasteiger partial charge in [0.25, 0.3) is 0 Å². The Morgan fingerprint density at radius 1 is 0.733 bits per heavy atom. The molecular formula is C14H31Cl2N3NiO8S2. The van der Waals surface area contributed by atoms with E-state index in [1.165, 1.54) is 68.6 Å². The van der Waals surface area contributed by atoms with Gasteiger partial charge in [0.15, 0.2) is 0 Å². The van der Waals surface area contributed by atoms with Crippen molar-refractivity contribution in [3.63, 3.8) is 0 Å². The zero-order valence-corrected chi connectivity index (χ0v) is 21.0. The monoisotopic (exact) mass is 561 g/mol. The standard InChI is InChI=1S/C14H31N3S2.2ClHO4.Ni/c1-16-6-3-11-18-13-14-19-12-4-8-17(10-9-16)7-2-5-15;2*2-1(3,4)5;/h2-15H2,1H3;2*(H,2,3,4,5);/q;;;+2/p-2. The van der Waals surface area contributed by atoms with Crippen molar-refractivity contribution >= 4 is 23.5 Å². The molecule has 11 nitrogen and oxygen atoms in total. The van der Waals surface area contributed by atoms with Crippen molar-refractivity contribution in [3.05, 3.63) is 0 Å². The molecule has 0 spiro atoms. The molecule has 30 heavy (non-hydrogen) atoms. The topological polar surface area (TPSA) is 217 Å². The molecule has 1 saturated heterocycles. The third-order valence-electron chi connectivity index (χ3n) is 3.44. The van der Waals surface area contributed by atoms with E-state index in [0.717, 1.165) is 13.0 Å². The van der Waals surface area contributed by atoms with Gasteiger partial charge in [0.2, 0.25) is 0 Å². The fourth-order valence-electron chi connectivity index (χ4n) is 2.22. The van der Waals surface area contributed by atoms with E-state index in [-0.39, 0.29) is 16.5 Å². The number of nitrogens with two attached hydrogens (primary N) is 1. The summed E-state index contributed by atoms with van der Waals surface area (Å²) in [5.41, 5.74) is 5.64. The maximum Gasteiger partial charge on any atom is 2.00 e. The van der Waals surface area contributed by atoms with Crippen LogP contribution in [0.4, 0.5) is 0 Å². The van der Waals surface area contributed by atoms with Crippen molar-refractivity contribution in [2.45, 2.75) is 19.3 Å². The molecule has 0 aromatic rings. The molecule has 1 aliphatic heterocycles. The number of nitrogens with zero attached hydrogens (tertiary/aromatic N) is 2. The van der Waals surface area contributed by atoms with E-state index in [4.69, 9.17) is 43.0 Å². The molecule has 2 N–H and O–H groups in total. The van der Waals surface area contributed by atoms with Gasteiger partial charge >= 0.3 is 16.5 Å². The minimum Gasteiger partial charge on any atom is -0.330 e. The molecule has 0 aromatic carbocycles. The van der Waals surface area contributed by atoms with Crippen LogP contribution in [0.3, 0.4) is 0 Å². The second-order valence-corrected chi connectivity index (χ2v) is 9.94. The van der Waals surface area contributed by atoms with E-state index >= 15 is 0 Å². The third kappa shape index (κ3) is 43.3. The number of likely N-dealkylation sites (N-methyl/N-ethyl adjacent to an activating group) is 1. The maximum atomic E-state index is 8.49. The predicted octanol–water partition coefficient (Wildman–Crippen LogP) is -7.69. The Labute approximate surface area is 201 Å². The molecule has 0 atom stereocenters. The van der Waals surface area contributed by atoms with Gasteiger partial charge in [0.1, 0.15) is 0 Å². The Morgan fingerprint density at radius 2 is 1.17 bits per heavy atom. The Morgan fingerprint density at radius 3 is 1.60 bits per heavy atom. The van der Waals surface area contributed by atoms with Gasteiger partial charge in [-0.3, -0.25) is 0 Å². The van der Waals surface area contributed by atoms with Crippen molar-refractivity contribution < 1.29 is 74.2 Å². The summed E-state index contributed by atoms with van der Waals surface area (Å²) in [6.07, 6.45) is 3.78. The largest absolute Gasteiger partial charge is 2.00 e. The molecule has 1 aliphatic rings. The van der Waals surface area contributed by atoms with Gasteiger partial charge in [-0.05, 0) is 64.0 Å². The summed E-state index contributed by atoms with van der Waals surface area (Å²) in [6.45, 7) is 6.87. The van der Waals surface area contributed by atoms with Gasteiger partial charge in [0, 0.05) is 24.6 Å². The first kappa shape index (κ1) is 35.9. The van der Waals surface area contributed by atoms with Crippen LogP contribution in [0.1, 0.15) is 19.3 Å². The molecule has 0 saturated carbocycles. The SMILES string of the molecule is CN1CCCSCCSCCCN(CCCN)CC1.[Ni+2].[O-][Cl+3]([O-])([O-])[O-].[O-][Cl+3]([O-])([O-])[O-]. The average Bonchev–Trinajstić information content (AvgIpc) is 2.54. The van der Waals surface area contributed by atoms with Crippen LogP contribution in [-0.4, -0.2) is 79.1 Å². The van der Waals surface area contributed by atoms with Crippen molar-refractivity contribution in [2.24, 2.45) is 5.73 Å². The number of hydrogen-bond donors (Lipinski definition) is 1. The minimum absolute atomic E-state index is 0. The van der Waals surface area contributed by atoms with Crippen molar-refractivity contribution in [1.29, 1.82) is 0 Å². The molecule has 1 rings (SSSR count). The van der Waals surface area contributed by atoms with Crippen LogP contribution in [0, 0.1) is 20.5 Å². The molecule has 1 heterocycles. The number of hydrogen-bond acceptors (Lipinski definition) is 13. The number of halogens is 2. The number of thioether (sulfide) groups is 2. The molecule has 1 fully saturated rings. The first-order valence-electron chi connectivity index (χ1n) is 8.83. The zero-order valence-electron chi connectivity index (χ0n) is 16.8. The molecule has 0 amide bonds. The van der Waals surface area contributed by atoms with Gasteiger partial charge in [-0.1, -0.05) is 0 Å². The Kier molecular flexibility index (Phi) is 26.5. The summed E-state index contributed by atoms with van der Waals surface area (Å²) < 4.78 is 67.9. The summed E-state index contributed by atoms with van der Waals surface area (Å²) in [4.78, 5) is 5.08. The smallest absolute Gasteiger partial charge is 0.330 e. The molecular weight excluding hydrogens is 532 g/mol. The molecule has 0 bridgehead atoms. The predicted molar refractivity (Wildman–Crippen MR) is 91.5 cm³/mol. The van der Waals surface area contributed by atoms with Gasteiger partial charge < -0.3 is 15.5 Å². The third-order valence-corrected chi connectivity index (χ3v) is 5.84. The van der Waals surface area contributed by atoms with E-state index in [9.17, 15) is 0 Å². The summed E-state index contributed by atoms with van der Waals surface area (Å²) >= 11 is 4.25. The fourth-order valence-corrected chi connectivity index (χ4v) is 4.24. The average molecular weight is 563 g/mol. The molecule has 16 heteroatoms. The van der Waals surface area contributed by atoms with E-state index in [1.807, 2.05) is 0 Å². The molecule has 0 unspecified atom stereocenters. The molecule has 0 aliphatic carbocycles. The Hall–Kier alpha value is 1.33. The van der Waals surface area contributed by atoms with Crippen LogP contribution < -0.4 is 43.0 Å². The number of rotatable bonds is 3. The van der Waals surface area contributed by atoms with E-state index in [1.54, 1.807) is 0 Å². The fraction of sp³-hybridized carbons (Fsp3) is 1.00. The second kappa shape index (κ2) is 22.1. The summed E-state index contributed by atoms with van der Waals surface area (Å²) in [5.74, 6) is 5.28. The molecule has 186 valence electrons. The van der Waals surface area contributed by atoms with Crippen LogP contribution in [0.5, 0.6) is 0 Å². The summed E-state index contributed by atoms with van der Waals surface area (Å²) in [5, 5.41) is 0. The second-order valence-electron chi connectivity index (χ2n) is 5.97. The van der Waals surface area contributed by atoms with Gasteiger partial charge in [-0.15, -0.1) is 20.5 Å². The summed E-state index contributed by atoms with van der Waals surface area (Å²) in [6, 6.07) is 0. The quantitative estimate of drug-likeness (QED) is 0.316. The Balaban J connectivity index is -0.000000553. The first-order chi connectivity index (χ1) is 13.3. The van der Waals surface area contributed by atoms with Gasteiger partial charge in [-0.25, -0.2) is 37.3 Å². The van der Waals surface area contributed by atoms with E-state index in [0.29, 0.717) is 0 Å².